The first-order valence-electron chi connectivity index (χ1n) is 3.80. The van der Waals surface area contributed by atoms with E-state index < -0.39 is 0 Å². The van der Waals surface area contributed by atoms with Gasteiger partial charge in [0.2, 0.25) is 0 Å². The van der Waals surface area contributed by atoms with E-state index in [0.29, 0.717) is 18.8 Å². The largest absolute Gasteiger partial charge is 0.396 e. The Morgan fingerprint density at radius 3 is 3.17 bits per heavy atom. The fourth-order valence-electron chi connectivity index (χ4n) is 0.978. The summed E-state index contributed by atoms with van der Waals surface area (Å²) in [4.78, 5) is 14.7. The van der Waals surface area contributed by atoms with Crippen molar-refractivity contribution in [3.05, 3.63) is 18.2 Å². The average molecular weight is 167 g/mol. The van der Waals surface area contributed by atoms with Gasteiger partial charge in [0, 0.05) is 26.3 Å². The van der Waals surface area contributed by atoms with Crippen LogP contribution in [0.3, 0.4) is 0 Å². The third-order valence-corrected chi connectivity index (χ3v) is 1.53. The quantitative estimate of drug-likeness (QED) is 0.655. The van der Waals surface area contributed by atoms with Crippen LogP contribution < -0.4 is 0 Å². The van der Waals surface area contributed by atoms with Crippen LogP contribution in [0.2, 0.25) is 0 Å². The molecule has 1 aromatic rings. The number of carbonyl (C=O) groups is 1. The number of aliphatic hydroxyl groups excluding tert-OH is 1. The van der Waals surface area contributed by atoms with Gasteiger partial charge in [-0.25, -0.2) is 4.98 Å². The van der Waals surface area contributed by atoms with E-state index in [1.807, 2.05) is 0 Å². The van der Waals surface area contributed by atoms with Gasteiger partial charge in [-0.1, -0.05) is 0 Å². The molecular weight excluding hydrogens is 156 g/mol. The van der Waals surface area contributed by atoms with Crippen molar-refractivity contribution < 1.29 is 9.90 Å². The fourth-order valence-corrected chi connectivity index (χ4v) is 0.978. The molecule has 0 bridgehead atoms. The van der Waals surface area contributed by atoms with Gasteiger partial charge in [0.25, 0.3) is 0 Å². The lowest BCUT2D eigenvalue weighted by molar-refractivity contribution is 0.0998. The molecule has 1 heterocycles. The summed E-state index contributed by atoms with van der Waals surface area (Å²) in [5.74, 6) is 0.331. The van der Waals surface area contributed by atoms with Crippen LogP contribution in [0.4, 0.5) is 0 Å². The number of imidazole rings is 1. The van der Waals surface area contributed by atoms with E-state index >= 15 is 0 Å². The van der Waals surface area contributed by atoms with Crippen molar-refractivity contribution in [2.24, 2.45) is 0 Å². The van der Waals surface area contributed by atoms with Crippen LogP contribution in [-0.2, 0) is 6.54 Å². The van der Waals surface area contributed by atoms with E-state index in [1.54, 1.807) is 10.8 Å². The SMILES string of the molecule is CC(=O)c1n[c]cn1CCCO. The first kappa shape index (κ1) is 8.93. The summed E-state index contributed by atoms with van der Waals surface area (Å²) in [5, 5.41) is 8.57. The van der Waals surface area contributed by atoms with E-state index in [-0.39, 0.29) is 12.4 Å². The Labute approximate surface area is 70.9 Å². The van der Waals surface area contributed by atoms with Crippen molar-refractivity contribution in [3.8, 4) is 0 Å². The summed E-state index contributed by atoms with van der Waals surface area (Å²) >= 11 is 0. The van der Waals surface area contributed by atoms with Crippen molar-refractivity contribution in [1.29, 1.82) is 0 Å². The third-order valence-electron chi connectivity index (χ3n) is 1.53. The molecule has 1 radical (unpaired) electrons. The van der Waals surface area contributed by atoms with Crippen LogP contribution in [0.15, 0.2) is 6.20 Å². The lowest BCUT2D eigenvalue weighted by atomic mass is 10.4. The molecule has 1 rings (SSSR count). The van der Waals surface area contributed by atoms with Crippen LogP contribution in [-0.4, -0.2) is 27.0 Å². The molecule has 0 atom stereocenters. The number of aliphatic hydroxyl groups is 1. The van der Waals surface area contributed by atoms with Crippen molar-refractivity contribution in [2.45, 2.75) is 19.9 Å². The van der Waals surface area contributed by atoms with Crippen molar-refractivity contribution in [3.63, 3.8) is 0 Å². The maximum absolute atomic E-state index is 10.9. The minimum atomic E-state index is -0.0748. The topological polar surface area (TPSA) is 55.1 Å². The van der Waals surface area contributed by atoms with Gasteiger partial charge in [-0.3, -0.25) is 4.79 Å². The highest BCUT2D eigenvalue weighted by Gasteiger charge is 2.06. The normalized spacial score (nSPS) is 10.2. The third kappa shape index (κ3) is 1.92. The van der Waals surface area contributed by atoms with Crippen molar-refractivity contribution in [1.82, 2.24) is 9.55 Å². The van der Waals surface area contributed by atoms with Gasteiger partial charge in [-0.2, -0.15) is 0 Å². The minimum absolute atomic E-state index is 0.0748. The molecule has 0 saturated carbocycles. The standard InChI is InChI=1S/C8H11N2O2/c1-7(12)8-9-3-5-10(8)4-2-6-11/h5,11H,2,4,6H2,1H3. The van der Waals surface area contributed by atoms with Gasteiger partial charge in [-0.05, 0) is 6.42 Å². The zero-order valence-electron chi connectivity index (χ0n) is 6.95. The molecule has 0 saturated heterocycles. The lowest BCUT2D eigenvalue weighted by Gasteiger charge is -2.02. The Bertz CT molecular complexity index is 268. The second-order valence-corrected chi connectivity index (χ2v) is 2.52. The Kier molecular flexibility index (Phi) is 2.99. The van der Waals surface area contributed by atoms with Gasteiger partial charge in [0.15, 0.2) is 11.6 Å². The van der Waals surface area contributed by atoms with Gasteiger partial charge in [-0.15, -0.1) is 0 Å². The maximum atomic E-state index is 10.9. The molecule has 1 aromatic heterocycles. The monoisotopic (exact) mass is 167 g/mol. The van der Waals surface area contributed by atoms with Crippen molar-refractivity contribution >= 4 is 5.78 Å². The molecule has 4 heteroatoms. The molecule has 0 aromatic carbocycles. The number of rotatable bonds is 4. The zero-order chi connectivity index (χ0) is 8.97. The molecule has 4 nitrogen and oxygen atoms in total. The molecule has 0 spiro atoms. The van der Waals surface area contributed by atoms with Crippen LogP contribution in [0.1, 0.15) is 24.0 Å². The van der Waals surface area contributed by atoms with E-state index in [9.17, 15) is 4.79 Å². The number of nitrogens with zero attached hydrogens (tertiary/aromatic N) is 2. The number of hydrogen-bond donors (Lipinski definition) is 1. The predicted octanol–water partition coefficient (Wildman–Crippen LogP) is 0.268. The molecule has 0 aliphatic carbocycles. The molecule has 65 valence electrons. The average Bonchev–Trinajstić information content (AvgIpc) is 2.48. The fraction of sp³-hybridized carbons (Fsp3) is 0.500. The minimum Gasteiger partial charge on any atom is -0.396 e. The van der Waals surface area contributed by atoms with E-state index in [4.69, 9.17) is 5.11 Å². The molecule has 0 fully saturated rings. The number of Topliss-reactive ketones (excluding diaryl/α,β-unsaturated/α-hetero) is 1. The highest BCUT2D eigenvalue weighted by atomic mass is 16.3. The number of aromatic nitrogens is 2. The Balaban J connectivity index is 2.70. The second kappa shape index (κ2) is 4.01. The predicted molar refractivity (Wildman–Crippen MR) is 42.8 cm³/mol. The molecule has 0 aliphatic rings. The molecular formula is C8H11N2O2. The first-order valence-corrected chi connectivity index (χ1v) is 3.80. The molecule has 0 amide bonds. The van der Waals surface area contributed by atoms with Crippen LogP contribution in [0.5, 0.6) is 0 Å². The van der Waals surface area contributed by atoms with E-state index in [0.717, 1.165) is 0 Å². The summed E-state index contributed by atoms with van der Waals surface area (Å²) in [6.45, 7) is 2.20. The van der Waals surface area contributed by atoms with Gasteiger partial charge in [0.05, 0.1) is 0 Å². The van der Waals surface area contributed by atoms with E-state index in [2.05, 4.69) is 11.2 Å². The number of carbonyl (C=O) groups excluding carboxylic acids is 1. The molecule has 1 N–H and O–H groups in total. The summed E-state index contributed by atoms with van der Waals surface area (Å²) in [5.41, 5.74) is 0. The summed E-state index contributed by atoms with van der Waals surface area (Å²) in [6, 6.07) is 0. The van der Waals surface area contributed by atoms with Gasteiger partial charge < -0.3 is 9.67 Å². The second-order valence-electron chi connectivity index (χ2n) is 2.52. The Hall–Kier alpha value is -1.16. The van der Waals surface area contributed by atoms with Crippen LogP contribution in [0.25, 0.3) is 0 Å². The van der Waals surface area contributed by atoms with Crippen LogP contribution >= 0.6 is 0 Å². The van der Waals surface area contributed by atoms with Crippen LogP contribution in [0, 0.1) is 6.20 Å². The zero-order valence-corrected chi connectivity index (χ0v) is 6.95. The molecule has 0 unspecified atom stereocenters. The summed E-state index contributed by atoms with van der Waals surface area (Å²) in [6.07, 6.45) is 4.85. The van der Waals surface area contributed by atoms with Crippen molar-refractivity contribution in [2.75, 3.05) is 6.61 Å². The Morgan fingerprint density at radius 1 is 1.83 bits per heavy atom. The molecule has 0 aliphatic heterocycles. The number of aryl methyl sites for hydroxylation is 1. The highest BCUT2D eigenvalue weighted by Crippen LogP contribution is 1.99. The van der Waals surface area contributed by atoms with E-state index in [1.165, 1.54) is 6.92 Å². The lowest BCUT2D eigenvalue weighted by Crippen LogP contribution is -2.08. The smallest absolute Gasteiger partial charge is 0.195 e. The maximum Gasteiger partial charge on any atom is 0.195 e. The number of hydrogen-bond acceptors (Lipinski definition) is 3. The Morgan fingerprint density at radius 2 is 2.58 bits per heavy atom. The first-order chi connectivity index (χ1) is 5.75. The van der Waals surface area contributed by atoms with Gasteiger partial charge in [0.1, 0.15) is 6.20 Å². The van der Waals surface area contributed by atoms with Gasteiger partial charge >= 0.3 is 0 Å². The summed E-state index contributed by atoms with van der Waals surface area (Å²) in [7, 11) is 0. The summed E-state index contributed by atoms with van der Waals surface area (Å²) < 4.78 is 1.69. The molecule has 12 heavy (non-hydrogen) atoms. The highest BCUT2D eigenvalue weighted by molar-refractivity contribution is 5.90. The number of ketones is 1.